The second-order valence-electron chi connectivity index (χ2n) is 3.96. The Morgan fingerprint density at radius 2 is 2.05 bits per heavy atom. The molecule has 1 aromatic carbocycles. The van der Waals surface area contributed by atoms with Gasteiger partial charge in [-0.3, -0.25) is 4.98 Å². The predicted molar refractivity (Wildman–Crippen MR) is 67.7 cm³/mol. The second-order valence-corrected chi connectivity index (χ2v) is 3.96. The van der Waals surface area contributed by atoms with Gasteiger partial charge in [-0.05, 0) is 18.6 Å². The lowest BCUT2D eigenvalue weighted by Crippen LogP contribution is -2.08. The Hall–Kier alpha value is -2.57. The van der Waals surface area contributed by atoms with Crippen LogP contribution in [0.25, 0.3) is 0 Å². The molecule has 0 fully saturated rings. The van der Waals surface area contributed by atoms with Crippen LogP contribution in [0.15, 0.2) is 24.5 Å². The summed E-state index contributed by atoms with van der Waals surface area (Å²) in [7, 11) is 1.20. The molecule has 0 aliphatic carbocycles. The number of methoxy groups -OCH3 is 1. The van der Waals surface area contributed by atoms with Crippen LogP contribution in [0.3, 0.4) is 0 Å². The molecule has 104 valence electrons. The Labute approximate surface area is 113 Å². The van der Waals surface area contributed by atoms with Crippen LogP contribution in [0.4, 0.5) is 20.3 Å². The first kappa shape index (κ1) is 13.9. The van der Waals surface area contributed by atoms with Gasteiger partial charge in [0.1, 0.15) is 17.3 Å². The molecular weight excluding hydrogens is 268 g/mol. The van der Waals surface area contributed by atoms with Crippen molar-refractivity contribution in [1.29, 1.82) is 0 Å². The van der Waals surface area contributed by atoms with E-state index in [4.69, 9.17) is 0 Å². The zero-order valence-electron chi connectivity index (χ0n) is 10.8. The first-order valence-electron chi connectivity index (χ1n) is 5.65. The molecule has 1 N–H and O–H groups in total. The third-order valence-electron chi connectivity index (χ3n) is 2.57. The average molecular weight is 279 g/mol. The second kappa shape index (κ2) is 5.60. The largest absolute Gasteiger partial charge is 0.464 e. The number of halogens is 2. The summed E-state index contributed by atoms with van der Waals surface area (Å²) in [6.45, 7) is 1.51. The maximum absolute atomic E-state index is 13.8. The quantitative estimate of drug-likeness (QED) is 0.875. The van der Waals surface area contributed by atoms with E-state index in [1.54, 1.807) is 0 Å². The minimum absolute atomic E-state index is 0.0382. The molecule has 0 aliphatic heterocycles. The van der Waals surface area contributed by atoms with E-state index in [2.05, 4.69) is 20.0 Å². The highest BCUT2D eigenvalue weighted by molar-refractivity contribution is 5.87. The molecule has 1 aromatic heterocycles. The molecule has 0 unspecified atom stereocenters. The van der Waals surface area contributed by atoms with E-state index in [1.807, 2.05) is 0 Å². The highest BCUT2D eigenvalue weighted by Crippen LogP contribution is 2.24. The maximum atomic E-state index is 13.8. The number of nitrogens with zero attached hydrogens (tertiary/aromatic N) is 2. The number of aromatic nitrogens is 2. The highest BCUT2D eigenvalue weighted by Gasteiger charge is 2.14. The van der Waals surface area contributed by atoms with E-state index in [-0.39, 0.29) is 22.8 Å². The van der Waals surface area contributed by atoms with Crippen molar-refractivity contribution in [2.45, 2.75) is 6.92 Å². The van der Waals surface area contributed by atoms with E-state index in [9.17, 15) is 13.6 Å². The summed E-state index contributed by atoms with van der Waals surface area (Å²) in [5.41, 5.74) is -0.127. The molecule has 0 amide bonds. The van der Waals surface area contributed by atoms with E-state index in [0.29, 0.717) is 0 Å². The molecule has 0 aliphatic rings. The molecule has 0 saturated carbocycles. The zero-order valence-corrected chi connectivity index (χ0v) is 10.8. The minimum atomic E-state index is -0.765. The fraction of sp³-hybridized carbons (Fsp3) is 0.154. The van der Waals surface area contributed by atoms with Gasteiger partial charge in [-0.1, -0.05) is 6.07 Å². The zero-order chi connectivity index (χ0) is 14.7. The van der Waals surface area contributed by atoms with Gasteiger partial charge in [-0.2, -0.15) is 0 Å². The number of esters is 1. The van der Waals surface area contributed by atoms with Crippen molar-refractivity contribution in [3.63, 3.8) is 0 Å². The SMILES string of the molecule is COC(=O)c1cncc(Nc2c(F)ccc(C)c2F)n1. The Kier molecular flexibility index (Phi) is 3.88. The Morgan fingerprint density at radius 3 is 2.75 bits per heavy atom. The molecule has 20 heavy (non-hydrogen) atoms. The minimum Gasteiger partial charge on any atom is -0.464 e. The van der Waals surface area contributed by atoms with E-state index < -0.39 is 17.6 Å². The third kappa shape index (κ3) is 2.71. The Morgan fingerprint density at radius 1 is 1.30 bits per heavy atom. The summed E-state index contributed by atoms with van der Waals surface area (Å²) in [6, 6.07) is 2.46. The fourth-order valence-corrected chi connectivity index (χ4v) is 1.53. The number of nitrogens with one attached hydrogen (secondary N) is 1. The third-order valence-corrected chi connectivity index (χ3v) is 2.57. The lowest BCUT2D eigenvalue weighted by molar-refractivity contribution is 0.0593. The van der Waals surface area contributed by atoms with Crippen molar-refractivity contribution in [3.05, 3.63) is 47.4 Å². The van der Waals surface area contributed by atoms with Crippen LogP contribution in [0, 0.1) is 18.6 Å². The molecule has 2 rings (SSSR count). The molecule has 1 heterocycles. The van der Waals surface area contributed by atoms with Crippen LogP contribution >= 0.6 is 0 Å². The van der Waals surface area contributed by atoms with Gasteiger partial charge in [0.15, 0.2) is 11.5 Å². The maximum Gasteiger partial charge on any atom is 0.358 e. The van der Waals surface area contributed by atoms with Crippen LogP contribution in [-0.4, -0.2) is 23.0 Å². The van der Waals surface area contributed by atoms with Gasteiger partial charge in [0.05, 0.1) is 19.5 Å². The van der Waals surface area contributed by atoms with E-state index >= 15 is 0 Å². The van der Waals surface area contributed by atoms with Gasteiger partial charge < -0.3 is 10.1 Å². The van der Waals surface area contributed by atoms with Crippen molar-refractivity contribution < 1.29 is 18.3 Å². The molecule has 0 spiro atoms. The number of benzene rings is 1. The summed E-state index contributed by atoms with van der Waals surface area (Å²) >= 11 is 0. The number of carbonyl (C=O) groups is 1. The van der Waals surface area contributed by atoms with E-state index in [1.165, 1.54) is 32.5 Å². The summed E-state index contributed by atoms with van der Waals surface area (Å²) in [6.07, 6.45) is 2.44. The number of anilines is 2. The van der Waals surface area contributed by atoms with Crippen LogP contribution in [0.1, 0.15) is 16.1 Å². The Balaban J connectivity index is 2.36. The number of hydrogen-bond acceptors (Lipinski definition) is 5. The number of carbonyl (C=O) groups excluding carboxylic acids is 1. The molecule has 0 bridgehead atoms. The molecule has 2 aromatic rings. The lowest BCUT2D eigenvalue weighted by atomic mass is 10.2. The standard InChI is InChI=1S/C13H11F2N3O2/c1-7-3-4-8(14)12(11(7)15)18-10-6-16-5-9(17-10)13(19)20-2/h3-6H,1-2H3,(H,17,18). The topological polar surface area (TPSA) is 64.1 Å². The number of hydrogen-bond donors (Lipinski definition) is 1. The number of rotatable bonds is 3. The summed E-state index contributed by atoms with van der Waals surface area (Å²) < 4.78 is 31.9. The van der Waals surface area contributed by atoms with Crippen LogP contribution in [0.5, 0.6) is 0 Å². The monoisotopic (exact) mass is 279 g/mol. The van der Waals surface area contributed by atoms with Gasteiger partial charge in [-0.25, -0.2) is 18.6 Å². The number of aryl methyl sites for hydroxylation is 1. The van der Waals surface area contributed by atoms with Crippen molar-refractivity contribution in [2.24, 2.45) is 0 Å². The predicted octanol–water partition coefficient (Wildman–Crippen LogP) is 2.59. The lowest BCUT2D eigenvalue weighted by Gasteiger charge is -2.09. The first-order valence-corrected chi connectivity index (χ1v) is 5.65. The molecule has 0 saturated heterocycles. The summed E-state index contributed by atoms with van der Waals surface area (Å²) in [5.74, 6) is -2.14. The summed E-state index contributed by atoms with van der Waals surface area (Å²) in [5, 5.41) is 2.47. The molecule has 7 heteroatoms. The smallest absolute Gasteiger partial charge is 0.358 e. The highest BCUT2D eigenvalue weighted by atomic mass is 19.1. The van der Waals surface area contributed by atoms with Gasteiger partial charge in [0.2, 0.25) is 0 Å². The normalized spacial score (nSPS) is 10.2. The molecule has 0 radical (unpaired) electrons. The summed E-state index contributed by atoms with van der Waals surface area (Å²) in [4.78, 5) is 18.9. The van der Waals surface area contributed by atoms with Crippen molar-refractivity contribution in [2.75, 3.05) is 12.4 Å². The average Bonchev–Trinajstić information content (AvgIpc) is 2.47. The van der Waals surface area contributed by atoms with Gasteiger partial charge in [-0.15, -0.1) is 0 Å². The van der Waals surface area contributed by atoms with Crippen LogP contribution < -0.4 is 5.32 Å². The van der Waals surface area contributed by atoms with Gasteiger partial charge >= 0.3 is 5.97 Å². The fourth-order valence-electron chi connectivity index (χ4n) is 1.53. The van der Waals surface area contributed by atoms with Crippen LogP contribution in [-0.2, 0) is 4.74 Å². The number of ether oxygens (including phenoxy) is 1. The van der Waals surface area contributed by atoms with E-state index in [0.717, 1.165) is 6.07 Å². The molecule has 0 atom stereocenters. The Bertz CT molecular complexity index is 662. The molecular formula is C13H11F2N3O2. The van der Waals surface area contributed by atoms with Gasteiger partial charge in [0.25, 0.3) is 0 Å². The van der Waals surface area contributed by atoms with Crippen molar-refractivity contribution >= 4 is 17.5 Å². The van der Waals surface area contributed by atoms with Gasteiger partial charge in [0, 0.05) is 0 Å². The first-order chi connectivity index (χ1) is 9.52. The van der Waals surface area contributed by atoms with Crippen molar-refractivity contribution in [3.8, 4) is 0 Å². The molecule has 5 nitrogen and oxygen atoms in total. The van der Waals surface area contributed by atoms with Crippen LogP contribution in [0.2, 0.25) is 0 Å². The van der Waals surface area contributed by atoms with Crippen molar-refractivity contribution in [1.82, 2.24) is 9.97 Å².